The number of benzene rings is 2. The van der Waals surface area contributed by atoms with E-state index in [0.29, 0.717) is 18.5 Å². The zero-order valence-electron chi connectivity index (χ0n) is 14.2. The first-order valence-corrected chi connectivity index (χ1v) is 11.5. The highest BCUT2D eigenvalue weighted by molar-refractivity contribution is 7.91. The Kier molecular flexibility index (Phi) is 4.96. The molecule has 2 aromatic rings. The Labute approximate surface area is 153 Å². The van der Waals surface area contributed by atoms with E-state index in [2.05, 4.69) is 4.72 Å². The van der Waals surface area contributed by atoms with Crippen molar-refractivity contribution < 1.29 is 21.9 Å². The first-order chi connectivity index (χ1) is 12.2. The third-order valence-corrected chi connectivity index (χ3v) is 6.49. The molecule has 0 aromatic heterocycles. The molecule has 0 aliphatic carbocycles. The zero-order valence-corrected chi connectivity index (χ0v) is 15.8. The van der Waals surface area contributed by atoms with Gasteiger partial charge >= 0.3 is 10.2 Å². The Hall–Kier alpha value is -2.10. The number of phenolic OH excluding ortho intramolecular Hbond substituents is 1. The van der Waals surface area contributed by atoms with Crippen LogP contribution in [0, 0.1) is 0 Å². The second-order valence-corrected chi connectivity index (χ2v) is 10.1. The Bertz CT molecular complexity index is 1030. The minimum Gasteiger partial charge on any atom is -0.506 e. The Balaban J connectivity index is 1.88. The van der Waals surface area contributed by atoms with Gasteiger partial charge in [-0.1, -0.05) is 30.3 Å². The molecular formula is C17H20N2O5S2. The molecule has 9 heteroatoms. The molecule has 2 N–H and O–H groups in total. The van der Waals surface area contributed by atoms with Gasteiger partial charge in [0.1, 0.15) is 5.75 Å². The van der Waals surface area contributed by atoms with E-state index in [4.69, 9.17) is 0 Å². The number of nitrogens with one attached hydrogen (secondary N) is 1. The van der Waals surface area contributed by atoms with Crippen LogP contribution in [0.4, 0.5) is 5.69 Å². The Morgan fingerprint density at radius 3 is 2.42 bits per heavy atom. The molecular weight excluding hydrogens is 376 g/mol. The average Bonchev–Trinajstić information content (AvgIpc) is 2.87. The van der Waals surface area contributed by atoms with Crippen LogP contribution < -0.4 is 9.03 Å². The third-order valence-electron chi connectivity index (χ3n) is 4.13. The predicted molar refractivity (Wildman–Crippen MR) is 100 cm³/mol. The van der Waals surface area contributed by atoms with E-state index in [9.17, 15) is 21.9 Å². The van der Waals surface area contributed by atoms with Crippen molar-refractivity contribution in [2.24, 2.45) is 0 Å². The van der Waals surface area contributed by atoms with Gasteiger partial charge in [-0.15, -0.1) is 0 Å². The van der Waals surface area contributed by atoms with Gasteiger partial charge in [-0.3, -0.25) is 4.31 Å². The lowest BCUT2D eigenvalue weighted by atomic mass is 10.00. The van der Waals surface area contributed by atoms with Crippen molar-refractivity contribution in [1.29, 1.82) is 0 Å². The van der Waals surface area contributed by atoms with Gasteiger partial charge in [0.2, 0.25) is 0 Å². The molecule has 0 radical (unpaired) electrons. The number of sulfone groups is 1. The van der Waals surface area contributed by atoms with E-state index in [1.807, 2.05) is 12.1 Å². The van der Waals surface area contributed by atoms with Crippen LogP contribution in [0.1, 0.15) is 16.7 Å². The molecule has 0 atom stereocenters. The van der Waals surface area contributed by atoms with Crippen molar-refractivity contribution in [3.8, 4) is 5.75 Å². The second-order valence-electron chi connectivity index (χ2n) is 6.31. The molecule has 0 bridgehead atoms. The number of nitrogens with zero attached hydrogens (tertiary/aromatic N) is 1. The molecule has 26 heavy (non-hydrogen) atoms. The number of rotatable bonds is 5. The van der Waals surface area contributed by atoms with Crippen LogP contribution in [0.3, 0.4) is 0 Å². The van der Waals surface area contributed by atoms with E-state index >= 15 is 0 Å². The molecule has 1 aliphatic heterocycles. The molecule has 0 amide bonds. The highest BCUT2D eigenvalue weighted by Crippen LogP contribution is 2.32. The van der Waals surface area contributed by atoms with Crippen LogP contribution in [0.15, 0.2) is 42.5 Å². The topological polar surface area (TPSA) is 104 Å². The molecule has 3 rings (SSSR count). The lowest BCUT2D eigenvalue weighted by molar-refractivity contribution is 0.475. The van der Waals surface area contributed by atoms with E-state index in [0.717, 1.165) is 15.4 Å². The van der Waals surface area contributed by atoms with Crippen molar-refractivity contribution in [3.05, 3.63) is 59.2 Å². The van der Waals surface area contributed by atoms with Gasteiger partial charge in [-0.2, -0.15) is 13.1 Å². The maximum Gasteiger partial charge on any atom is 0.301 e. The first-order valence-electron chi connectivity index (χ1n) is 7.99. The summed E-state index contributed by atoms with van der Waals surface area (Å²) in [6, 6.07) is 12.1. The maximum absolute atomic E-state index is 11.9. The summed E-state index contributed by atoms with van der Waals surface area (Å²) in [6.07, 6.45) is 1.62. The fourth-order valence-electron chi connectivity index (χ4n) is 2.99. The summed E-state index contributed by atoms with van der Waals surface area (Å²) in [7, 11) is -6.77. The second kappa shape index (κ2) is 6.90. The quantitative estimate of drug-likeness (QED) is 0.790. The SMILES string of the molecule is CS(=O)(=O)Cc1ccccc1Cc1ccc(N2CCNS2(=O)=O)c(O)c1. The number of hydrogen-bond acceptors (Lipinski definition) is 5. The van der Waals surface area contributed by atoms with Gasteiger partial charge in [0.25, 0.3) is 0 Å². The normalized spacial score (nSPS) is 16.7. The third kappa shape index (κ3) is 4.17. The van der Waals surface area contributed by atoms with Crippen molar-refractivity contribution in [2.75, 3.05) is 23.7 Å². The highest BCUT2D eigenvalue weighted by Gasteiger charge is 2.29. The molecule has 7 nitrogen and oxygen atoms in total. The summed E-state index contributed by atoms with van der Waals surface area (Å²) in [4.78, 5) is 0. The minimum atomic E-state index is -3.60. The van der Waals surface area contributed by atoms with Crippen molar-refractivity contribution in [1.82, 2.24) is 4.72 Å². The Morgan fingerprint density at radius 2 is 1.85 bits per heavy atom. The predicted octanol–water partition coefficient (Wildman–Crippen LogP) is 1.18. The summed E-state index contributed by atoms with van der Waals surface area (Å²) in [5.74, 6) is -0.180. The maximum atomic E-state index is 11.9. The van der Waals surface area contributed by atoms with Crippen molar-refractivity contribution in [3.63, 3.8) is 0 Å². The largest absolute Gasteiger partial charge is 0.506 e. The van der Waals surface area contributed by atoms with E-state index in [1.165, 1.54) is 12.3 Å². The highest BCUT2D eigenvalue weighted by atomic mass is 32.2. The van der Waals surface area contributed by atoms with Crippen LogP contribution >= 0.6 is 0 Å². The molecule has 2 aromatic carbocycles. The molecule has 0 unspecified atom stereocenters. The fourth-order valence-corrected chi connectivity index (χ4v) is 5.08. The van der Waals surface area contributed by atoms with Gasteiger partial charge < -0.3 is 5.11 Å². The van der Waals surface area contributed by atoms with Crippen molar-refractivity contribution in [2.45, 2.75) is 12.2 Å². The average molecular weight is 396 g/mol. The molecule has 1 aliphatic rings. The summed E-state index contributed by atoms with van der Waals surface area (Å²) in [6.45, 7) is 0.550. The van der Waals surface area contributed by atoms with Crippen LogP contribution in [0.5, 0.6) is 5.75 Å². The van der Waals surface area contributed by atoms with Gasteiger partial charge in [0.15, 0.2) is 9.84 Å². The van der Waals surface area contributed by atoms with E-state index in [-0.39, 0.29) is 23.7 Å². The van der Waals surface area contributed by atoms with Crippen LogP contribution in [-0.2, 0) is 32.2 Å². The number of hydrogen-bond donors (Lipinski definition) is 2. The minimum absolute atomic E-state index is 0.0507. The first kappa shape index (κ1) is 18.7. The summed E-state index contributed by atoms with van der Waals surface area (Å²) >= 11 is 0. The summed E-state index contributed by atoms with van der Waals surface area (Å²) in [5, 5.41) is 10.3. The number of phenols is 1. The monoisotopic (exact) mass is 396 g/mol. The molecule has 1 saturated heterocycles. The number of aromatic hydroxyl groups is 1. The molecule has 140 valence electrons. The molecule has 0 saturated carbocycles. The van der Waals surface area contributed by atoms with Crippen LogP contribution in [0.2, 0.25) is 0 Å². The summed E-state index contributed by atoms with van der Waals surface area (Å²) in [5.41, 5.74) is 2.55. The van der Waals surface area contributed by atoms with Gasteiger partial charge in [0.05, 0.1) is 11.4 Å². The van der Waals surface area contributed by atoms with Crippen LogP contribution in [0.25, 0.3) is 0 Å². The standard InChI is InChI=1S/C17H20N2O5S2/c1-25(21,22)12-15-5-3-2-4-14(15)10-13-6-7-16(17(20)11-13)19-9-8-18-26(19,23)24/h2-7,11,18,20H,8-10,12H2,1H3. The molecule has 1 fully saturated rings. The smallest absolute Gasteiger partial charge is 0.301 e. The summed E-state index contributed by atoms with van der Waals surface area (Å²) < 4.78 is 50.6. The lowest BCUT2D eigenvalue weighted by Crippen LogP contribution is -2.29. The van der Waals surface area contributed by atoms with E-state index in [1.54, 1.807) is 24.3 Å². The van der Waals surface area contributed by atoms with Gasteiger partial charge in [-0.25, -0.2) is 8.42 Å². The van der Waals surface area contributed by atoms with Gasteiger partial charge in [-0.05, 0) is 35.2 Å². The Morgan fingerprint density at radius 1 is 1.15 bits per heavy atom. The van der Waals surface area contributed by atoms with Crippen LogP contribution in [-0.4, -0.2) is 41.3 Å². The van der Waals surface area contributed by atoms with Gasteiger partial charge in [0, 0.05) is 19.3 Å². The van der Waals surface area contributed by atoms with Crippen molar-refractivity contribution >= 4 is 25.7 Å². The zero-order chi connectivity index (χ0) is 18.9. The molecule has 1 heterocycles. The lowest BCUT2D eigenvalue weighted by Gasteiger charge is -2.18. The fraction of sp³-hybridized carbons (Fsp3) is 0.294. The van der Waals surface area contributed by atoms with E-state index < -0.39 is 20.0 Å². The number of anilines is 1. The molecule has 0 spiro atoms.